The molecule has 0 bridgehead atoms. The number of alkyl halides is 2. The highest BCUT2D eigenvalue weighted by Crippen LogP contribution is 2.65. The van der Waals surface area contributed by atoms with E-state index >= 15 is 0 Å². The molecule has 2 aliphatic carbocycles. The van der Waals surface area contributed by atoms with Crippen molar-refractivity contribution in [3.8, 4) is 11.5 Å². The number of benzene rings is 2. The first-order valence-electron chi connectivity index (χ1n) is 12.9. The highest BCUT2D eigenvalue weighted by Gasteiger charge is 2.75. The fourth-order valence-corrected chi connectivity index (χ4v) is 8.09. The van der Waals surface area contributed by atoms with Crippen LogP contribution in [-0.4, -0.2) is 66.6 Å². The van der Waals surface area contributed by atoms with Crippen LogP contribution in [0.3, 0.4) is 0 Å². The number of aryl methyl sites for hydroxylation is 1. The number of fused-ring (bicyclic) bond motifs is 4. The van der Waals surface area contributed by atoms with Gasteiger partial charge in [-0.15, -0.1) is 23.2 Å². The van der Waals surface area contributed by atoms with Gasteiger partial charge in [-0.3, -0.25) is 24.1 Å². The quantitative estimate of drug-likeness (QED) is 0.276. The molecule has 2 aromatic carbocycles. The number of carboxylic acid groups (broad SMARTS) is 1. The van der Waals surface area contributed by atoms with Gasteiger partial charge in [0.15, 0.2) is 9.75 Å². The second kappa shape index (κ2) is 8.80. The lowest BCUT2D eigenvalue weighted by Gasteiger charge is -2.50. The predicted molar refractivity (Wildman–Crippen MR) is 146 cm³/mol. The molecule has 12 heteroatoms. The minimum Gasteiger partial charge on any atom is -0.508 e. The number of phenols is 2. The summed E-state index contributed by atoms with van der Waals surface area (Å²) in [6.45, 7) is 1.68. The molecule has 4 aliphatic rings. The number of hydrogen-bond donors (Lipinski definition) is 3. The molecule has 212 valence electrons. The van der Waals surface area contributed by atoms with Crippen LogP contribution in [-0.2, 0) is 19.2 Å². The average Bonchev–Trinajstić information content (AvgIpc) is 3.25. The van der Waals surface area contributed by atoms with Gasteiger partial charge in [0, 0.05) is 19.0 Å². The number of carbonyl (C=O) groups is 5. The number of likely N-dealkylation sites (tertiary alicyclic amines) is 1. The summed E-state index contributed by atoms with van der Waals surface area (Å²) in [5.41, 5.74) is 1.26. The van der Waals surface area contributed by atoms with Gasteiger partial charge in [-0.05, 0) is 55.0 Å². The lowest BCUT2D eigenvalue weighted by Crippen LogP contribution is -2.60. The number of carbonyl (C=O) groups excluding carboxylic acids is 4. The summed E-state index contributed by atoms with van der Waals surface area (Å²) >= 11 is 14.2. The van der Waals surface area contributed by atoms with Gasteiger partial charge in [-0.1, -0.05) is 23.8 Å². The van der Waals surface area contributed by atoms with Crippen molar-refractivity contribution in [1.29, 1.82) is 0 Å². The Morgan fingerprint density at radius 3 is 2.29 bits per heavy atom. The van der Waals surface area contributed by atoms with E-state index in [9.17, 15) is 39.3 Å². The number of amides is 4. The highest BCUT2D eigenvalue weighted by atomic mass is 35.5. The predicted octanol–water partition coefficient (Wildman–Crippen LogP) is 3.30. The molecule has 1 saturated carbocycles. The monoisotopic (exact) mass is 598 g/mol. The maximum atomic E-state index is 14.0. The Morgan fingerprint density at radius 1 is 0.951 bits per heavy atom. The molecular formula is C29H24Cl2N2O8. The third-order valence-electron chi connectivity index (χ3n) is 9.04. The first kappa shape index (κ1) is 27.3. The van der Waals surface area contributed by atoms with Gasteiger partial charge in [-0.2, -0.15) is 0 Å². The summed E-state index contributed by atoms with van der Waals surface area (Å²) in [5, 5.41) is 29.6. The third-order valence-corrected chi connectivity index (χ3v) is 10.5. The fourth-order valence-electron chi connectivity index (χ4n) is 7.07. The van der Waals surface area contributed by atoms with Crippen molar-refractivity contribution >= 4 is 58.5 Å². The third kappa shape index (κ3) is 3.40. The van der Waals surface area contributed by atoms with Gasteiger partial charge in [-0.25, -0.2) is 9.69 Å². The zero-order valence-corrected chi connectivity index (χ0v) is 23.3. The molecule has 0 spiro atoms. The molecule has 0 aromatic heterocycles. The zero-order valence-electron chi connectivity index (χ0n) is 21.8. The minimum absolute atomic E-state index is 0.0131. The number of rotatable bonds is 3. The number of aromatic hydroxyl groups is 2. The zero-order chi connectivity index (χ0) is 29.8. The van der Waals surface area contributed by atoms with E-state index in [2.05, 4.69) is 0 Å². The summed E-state index contributed by atoms with van der Waals surface area (Å²) in [6.07, 6.45) is 1.75. The first-order valence-corrected chi connectivity index (χ1v) is 13.6. The number of nitrogens with zero attached hydrogens (tertiary/aromatic N) is 2. The Hall–Kier alpha value is -3.89. The van der Waals surface area contributed by atoms with Crippen LogP contribution in [0.4, 0.5) is 5.69 Å². The Kier molecular flexibility index (Phi) is 5.86. The second-order valence-corrected chi connectivity index (χ2v) is 12.3. The van der Waals surface area contributed by atoms with Crippen molar-refractivity contribution < 1.29 is 39.3 Å². The van der Waals surface area contributed by atoms with Crippen molar-refractivity contribution in [2.75, 3.05) is 11.9 Å². The van der Waals surface area contributed by atoms with E-state index in [-0.39, 0.29) is 29.8 Å². The second-order valence-electron chi connectivity index (χ2n) is 11.1. The van der Waals surface area contributed by atoms with Crippen LogP contribution >= 0.6 is 23.2 Å². The van der Waals surface area contributed by atoms with Gasteiger partial charge in [0.1, 0.15) is 17.1 Å². The molecule has 4 amide bonds. The number of aromatic carboxylic acids is 1. The lowest BCUT2D eigenvalue weighted by atomic mass is 9.56. The Bertz CT molecular complexity index is 1640. The molecule has 3 N–H and O–H groups in total. The fraction of sp³-hybridized carbons (Fsp3) is 0.345. The molecule has 0 radical (unpaired) electrons. The highest BCUT2D eigenvalue weighted by molar-refractivity contribution is 6.53. The van der Waals surface area contributed by atoms with E-state index in [4.69, 9.17) is 23.2 Å². The summed E-state index contributed by atoms with van der Waals surface area (Å²) in [7, 11) is 1.30. The van der Waals surface area contributed by atoms with Crippen molar-refractivity contribution in [1.82, 2.24) is 4.90 Å². The molecule has 3 fully saturated rings. The van der Waals surface area contributed by atoms with Gasteiger partial charge in [0.2, 0.25) is 11.8 Å². The van der Waals surface area contributed by atoms with Crippen molar-refractivity contribution in [3.63, 3.8) is 0 Å². The molecular weight excluding hydrogens is 575 g/mol. The summed E-state index contributed by atoms with van der Waals surface area (Å²) in [5.74, 6) is -7.91. The summed E-state index contributed by atoms with van der Waals surface area (Å²) < 4.78 is 0. The standard InChI is InChI=1S/C29H24Cl2N2O8/c1-12-9-13(3-8-19(12)34)22-15-6-7-17-21(18(15)11-28(30)26(40)32(2)27(41)29(22,28)31)24(37)33(23(17)36)14-4-5-16(25(38)39)20(35)10-14/h3-6,8-10,17-18,21-22,34-35H,7,11H2,1-2H3,(H,38,39). The van der Waals surface area contributed by atoms with E-state index in [0.29, 0.717) is 16.7 Å². The van der Waals surface area contributed by atoms with E-state index in [1.54, 1.807) is 25.1 Å². The van der Waals surface area contributed by atoms with Gasteiger partial charge >= 0.3 is 5.97 Å². The molecule has 2 aromatic rings. The van der Waals surface area contributed by atoms with Gasteiger partial charge in [0.05, 0.1) is 17.5 Å². The van der Waals surface area contributed by atoms with Crippen molar-refractivity contribution in [3.05, 3.63) is 64.7 Å². The van der Waals surface area contributed by atoms with Crippen LogP contribution in [0.25, 0.3) is 0 Å². The number of hydrogen-bond acceptors (Lipinski definition) is 7. The number of imide groups is 2. The maximum Gasteiger partial charge on any atom is 0.339 e. The number of phenolic OH excluding ortho intramolecular Hbond substituents is 1. The Balaban J connectivity index is 1.49. The van der Waals surface area contributed by atoms with Crippen LogP contribution < -0.4 is 4.90 Å². The van der Waals surface area contributed by atoms with Crippen LogP contribution in [0.15, 0.2) is 48.0 Å². The number of halogens is 2. The molecule has 10 nitrogen and oxygen atoms in total. The summed E-state index contributed by atoms with van der Waals surface area (Å²) in [4.78, 5) is 64.0. The molecule has 41 heavy (non-hydrogen) atoms. The van der Waals surface area contributed by atoms with Crippen molar-refractivity contribution in [2.45, 2.75) is 35.4 Å². The topological polar surface area (TPSA) is 153 Å². The molecule has 6 rings (SSSR count). The van der Waals surface area contributed by atoms with Crippen LogP contribution in [0, 0.1) is 24.7 Å². The van der Waals surface area contributed by atoms with Crippen LogP contribution in [0.5, 0.6) is 11.5 Å². The summed E-state index contributed by atoms with van der Waals surface area (Å²) in [6, 6.07) is 8.15. The molecule has 2 aliphatic heterocycles. The number of carboxylic acids is 1. The number of allylic oxidation sites excluding steroid dienone is 2. The van der Waals surface area contributed by atoms with Gasteiger partial charge < -0.3 is 15.3 Å². The Morgan fingerprint density at radius 2 is 1.66 bits per heavy atom. The lowest BCUT2D eigenvalue weighted by molar-refractivity contribution is -0.138. The van der Waals surface area contributed by atoms with E-state index in [0.717, 1.165) is 21.9 Å². The van der Waals surface area contributed by atoms with Crippen molar-refractivity contribution in [2.24, 2.45) is 17.8 Å². The van der Waals surface area contributed by atoms with E-state index in [1.165, 1.54) is 19.2 Å². The molecule has 6 unspecified atom stereocenters. The molecule has 2 saturated heterocycles. The normalized spacial score (nSPS) is 32.5. The smallest absolute Gasteiger partial charge is 0.339 e. The molecule has 2 heterocycles. The average molecular weight is 599 g/mol. The van der Waals surface area contributed by atoms with E-state index < -0.39 is 68.8 Å². The van der Waals surface area contributed by atoms with Crippen LogP contribution in [0.1, 0.15) is 40.2 Å². The SMILES string of the molecule is Cc1cc(C2C3=CCC4C(=O)N(c5ccc(C(=O)O)c(O)c5)C(=O)C4C3CC3(Cl)C(=O)N(C)C(=O)C23Cl)ccc1O. The first-order chi connectivity index (χ1) is 19.2. The van der Waals surface area contributed by atoms with E-state index in [1.807, 2.05) is 0 Å². The maximum absolute atomic E-state index is 14.0. The minimum atomic E-state index is -1.93. The van der Waals surface area contributed by atoms with Gasteiger partial charge in [0.25, 0.3) is 11.8 Å². The Labute approximate surface area is 243 Å². The van der Waals surface area contributed by atoms with Crippen LogP contribution in [0.2, 0.25) is 0 Å². The number of anilines is 1. The largest absolute Gasteiger partial charge is 0.508 e. The molecule has 6 atom stereocenters.